The summed E-state index contributed by atoms with van der Waals surface area (Å²) in [7, 11) is 0. The number of hydrogen-bond donors (Lipinski definition) is 10. The van der Waals surface area contributed by atoms with E-state index >= 15 is 0 Å². The van der Waals surface area contributed by atoms with E-state index < -0.39 is 89.5 Å². The van der Waals surface area contributed by atoms with Gasteiger partial charge in [-0.3, -0.25) is 28.8 Å². The Balaban J connectivity index is 0.00000130. The number of carboxylic acid groups (broad SMARTS) is 3. The van der Waals surface area contributed by atoms with E-state index in [1.165, 1.54) is 4.90 Å². The summed E-state index contributed by atoms with van der Waals surface area (Å²) in [6.07, 6.45) is -4.00. The molecule has 0 aliphatic heterocycles. The number of nitrogens with one attached hydrogen (secondary N) is 3. The maximum absolute atomic E-state index is 15.0. The van der Waals surface area contributed by atoms with Crippen molar-refractivity contribution < 1.29 is 75.9 Å². The van der Waals surface area contributed by atoms with Gasteiger partial charge in [-0.25, -0.2) is 13.6 Å². The number of nitrogens with two attached hydrogens (primary N) is 2. The van der Waals surface area contributed by atoms with Crippen LogP contribution in [0.5, 0.6) is 0 Å². The lowest BCUT2D eigenvalue weighted by Crippen LogP contribution is -2.48. The molecule has 3 atom stereocenters. The van der Waals surface area contributed by atoms with Crippen molar-refractivity contribution in [2.45, 2.75) is 70.9 Å². The predicted octanol–water partition coefficient (Wildman–Crippen LogP) is 2.28. The average molecular weight is 948 g/mol. The highest BCUT2D eigenvalue weighted by atomic mass is 32.1. The number of carboxylic acids is 3. The van der Waals surface area contributed by atoms with Gasteiger partial charge in [-0.05, 0) is 41.7 Å². The minimum absolute atomic E-state index is 0.00363. The first kappa shape index (κ1) is 56.9. The number of nitrogens with zero attached hydrogens (tertiary/aromatic N) is 2. The van der Waals surface area contributed by atoms with Crippen LogP contribution in [0, 0.1) is 17.0 Å². The third kappa shape index (κ3) is 21.0. The molecule has 4 amide bonds. The molecule has 65 heavy (non-hydrogen) atoms. The Morgan fingerprint density at radius 2 is 1.43 bits per heavy atom. The number of aliphatic hydroxyl groups is 1. The Morgan fingerprint density at radius 3 is 1.94 bits per heavy atom. The molecule has 1 heterocycles. The molecular formula is C41H54F5N7O11S. The summed E-state index contributed by atoms with van der Waals surface area (Å²) < 4.78 is 62.8. The fourth-order valence-electron chi connectivity index (χ4n) is 5.66. The van der Waals surface area contributed by atoms with Crippen LogP contribution in [-0.4, -0.2) is 128 Å². The molecule has 3 rings (SSSR count). The number of aliphatic hydroxyl groups excluding tert-OH is 1. The fraction of sp³-hybridized carbons (Fsp3) is 0.439. The Hall–Kier alpha value is -6.11. The summed E-state index contributed by atoms with van der Waals surface area (Å²) in [5.74, 6) is -8.22. The Bertz CT molecular complexity index is 2070. The molecule has 11 N–H and O–H groups in total. The van der Waals surface area contributed by atoms with Crippen LogP contribution >= 0.6 is 12.6 Å². The number of rotatable bonds is 20. The molecule has 0 aliphatic rings. The number of aliphatic carboxylic acids is 3. The van der Waals surface area contributed by atoms with Gasteiger partial charge in [0.25, 0.3) is 0 Å². The number of hydrogen-bond acceptors (Lipinski definition) is 11. The van der Waals surface area contributed by atoms with Crippen molar-refractivity contribution in [2.24, 2.45) is 16.9 Å². The molecule has 0 bridgehead atoms. The van der Waals surface area contributed by atoms with E-state index in [0.29, 0.717) is 17.8 Å². The first-order valence-electron chi connectivity index (χ1n) is 19.5. The van der Waals surface area contributed by atoms with Crippen LogP contribution in [0.15, 0.2) is 60.8 Å². The molecule has 0 unspecified atom stereocenters. The lowest BCUT2D eigenvalue weighted by molar-refractivity contribution is -0.192. The van der Waals surface area contributed by atoms with E-state index in [1.807, 2.05) is 55.7 Å². The van der Waals surface area contributed by atoms with Crippen molar-refractivity contribution in [3.8, 4) is 11.1 Å². The van der Waals surface area contributed by atoms with Gasteiger partial charge in [-0.1, -0.05) is 51.1 Å². The zero-order valence-corrected chi connectivity index (χ0v) is 36.5. The Kier molecular flexibility index (Phi) is 23.9. The minimum atomic E-state index is -5.08. The molecule has 0 aliphatic carbocycles. The quantitative estimate of drug-likeness (QED) is 0.0443. The van der Waals surface area contributed by atoms with Gasteiger partial charge in [-0.15, -0.1) is 0 Å². The maximum Gasteiger partial charge on any atom is 0.490 e. The molecule has 0 fully saturated rings. The highest BCUT2D eigenvalue weighted by Crippen LogP contribution is 2.41. The number of carbonyl (C=O) groups excluding carboxylic acids is 4. The van der Waals surface area contributed by atoms with Gasteiger partial charge in [0, 0.05) is 61.4 Å². The third-order valence-corrected chi connectivity index (χ3v) is 9.16. The zero-order valence-electron chi connectivity index (χ0n) is 35.6. The summed E-state index contributed by atoms with van der Waals surface area (Å²) in [4.78, 5) is 80.4. The van der Waals surface area contributed by atoms with Crippen LogP contribution in [0.3, 0.4) is 0 Å². The van der Waals surface area contributed by atoms with E-state index in [2.05, 4.69) is 28.6 Å². The van der Waals surface area contributed by atoms with Crippen molar-refractivity contribution in [3.05, 3.63) is 83.7 Å². The van der Waals surface area contributed by atoms with Gasteiger partial charge < -0.3 is 57.3 Å². The van der Waals surface area contributed by atoms with Crippen LogP contribution in [0.2, 0.25) is 0 Å². The normalized spacial score (nSPS) is 12.4. The summed E-state index contributed by atoms with van der Waals surface area (Å²) in [6.45, 7) is 4.88. The smallest absolute Gasteiger partial charge is 0.481 e. The predicted molar refractivity (Wildman–Crippen MR) is 228 cm³/mol. The highest BCUT2D eigenvalue weighted by molar-refractivity contribution is 7.80. The van der Waals surface area contributed by atoms with Gasteiger partial charge in [0.1, 0.15) is 24.3 Å². The van der Waals surface area contributed by atoms with Crippen molar-refractivity contribution in [2.75, 3.05) is 38.5 Å². The second-order valence-electron chi connectivity index (χ2n) is 15.0. The third-order valence-electron chi connectivity index (χ3n) is 8.77. The molecule has 0 radical (unpaired) electrons. The van der Waals surface area contributed by atoms with Crippen LogP contribution < -0.4 is 27.4 Å². The highest BCUT2D eigenvalue weighted by Gasteiger charge is 2.39. The molecule has 18 nitrogen and oxygen atoms in total. The first-order chi connectivity index (χ1) is 30.2. The topological polar surface area (TPSA) is 297 Å². The molecule has 1 aromatic heterocycles. The molecule has 360 valence electrons. The summed E-state index contributed by atoms with van der Waals surface area (Å²) >= 11 is 3.65. The van der Waals surface area contributed by atoms with E-state index in [-0.39, 0.29) is 56.8 Å². The average Bonchev–Trinajstić information content (AvgIpc) is 3.64. The molecule has 0 saturated carbocycles. The fourth-order valence-corrected chi connectivity index (χ4v) is 5.81. The summed E-state index contributed by atoms with van der Waals surface area (Å²) in [5.41, 5.74) is 12.4. The lowest BCUT2D eigenvalue weighted by Gasteiger charge is -2.41. The molecule has 24 heteroatoms. The minimum Gasteiger partial charge on any atom is -0.481 e. The Labute approximate surface area is 375 Å². The number of carbonyl (C=O) groups is 7. The standard InChI is InChI=1S/C36H46F2N6O7.C3H7NO2S.C2HF3O2/c1-36(2,3)34(29-17-24(26-18-25(37)9-10-27(26)38)21-43(29)20-23-7-5-4-6-8-23)44(32(48)22-45)16-13-28(39)35(51)41-15-14-40-31(47)19-42-30(46)11-12-33(49)50;4-2(1-7)3(5)6;3-2(4,5)1(6)7/h4-10,17-18,21,28,34,45H,11-16,19-20,22,39H2,1-3H3,(H,40,47)(H,41,51)(H,42,46)(H,49,50);2,7H,1,4H2,(H,5,6);(H,6,7)/t28-,34-;2-;/m00./s1. The van der Waals surface area contributed by atoms with Gasteiger partial charge in [0.05, 0.1) is 25.0 Å². The van der Waals surface area contributed by atoms with Crippen LogP contribution in [0.4, 0.5) is 22.0 Å². The first-order valence-corrected chi connectivity index (χ1v) is 20.1. The SMILES string of the molecule is CC(C)(C)[C@H](c1cc(-c2cc(F)ccc2F)cn1Cc1ccccc1)N(CC[C@H](N)C(=O)NCCNC(=O)CNC(=O)CCC(=O)O)C(=O)CO.N[C@@H](CS)C(=O)O.O=C(O)C(F)(F)F. The number of aromatic nitrogens is 1. The zero-order chi connectivity index (χ0) is 49.7. The van der Waals surface area contributed by atoms with Gasteiger partial charge >= 0.3 is 24.1 Å². The monoisotopic (exact) mass is 947 g/mol. The van der Waals surface area contributed by atoms with Gasteiger partial charge in [0.2, 0.25) is 23.6 Å². The largest absolute Gasteiger partial charge is 0.490 e. The molecule has 0 spiro atoms. The van der Waals surface area contributed by atoms with E-state index in [9.17, 15) is 55.8 Å². The maximum atomic E-state index is 15.0. The summed E-state index contributed by atoms with van der Waals surface area (Å²) in [5, 5.41) is 41.2. The Morgan fingerprint density at radius 1 is 0.831 bits per heavy atom. The molecular weight excluding hydrogens is 894 g/mol. The number of alkyl halides is 3. The van der Waals surface area contributed by atoms with E-state index in [1.54, 1.807) is 12.3 Å². The van der Waals surface area contributed by atoms with Crippen molar-refractivity contribution in [3.63, 3.8) is 0 Å². The molecule has 2 aromatic carbocycles. The number of halogens is 5. The second-order valence-corrected chi connectivity index (χ2v) is 15.4. The van der Waals surface area contributed by atoms with Gasteiger partial charge in [-0.2, -0.15) is 25.8 Å². The van der Waals surface area contributed by atoms with Crippen molar-refractivity contribution >= 4 is 54.2 Å². The van der Waals surface area contributed by atoms with E-state index in [4.69, 9.17) is 31.6 Å². The van der Waals surface area contributed by atoms with Crippen molar-refractivity contribution in [1.82, 2.24) is 25.4 Å². The number of amides is 4. The lowest BCUT2D eigenvalue weighted by atomic mass is 9.82. The molecule has 3 aromatic rings. The van der Waals surface area contributed by atoms with Gasteiger partial charge in [0.15, 0.2) is 0 Å². The summed E-state index contributed by atoms with van der Waals surface area (Å²) in [6, 6.07) is 11.8. The van der Waals surface area contributed by atoms with Crippen molar-refractivity contribution in [1.29, 1.82) is 0 Å². The van der Waals surface area contributed by atoms with Crippen LogP contribution in [0.25, 0.3) is 11.1 Å². The van der Waals surface area contributed by atoms with E-state index in [0.717, 1.165) is 23.8 Å². The number of benzene rings is 2. The molecule has 0 saturated heterocycles. The number of thiol groups is 1. The second kappa shape index (κ2) is 27.3. The van der Waals surface area contributed by atoms with Crippen LogP contribution in [-0.2, 0) is 40.1 Å². The van der Waals surface area contributed by atoms with Crippen LogP contribution in [0.1, 0.15) is 57.3 Å².